The van der Waals surface area contributed by atoms with E-state index in [4.69, 9.17) is 4.74 Å². The quantitative estimate of drug-likeness (QED) is 0.582. The van der Waals surface area contributed by atoms with E-state index in [1.165, 1.54) is 28.3 Å². The van der Waals surface area contributed by atoms with Crippen molar-refractivity contribution in [3.8, 4) is 5.75 Å². The number of sulfonamides is 1. The molecule has 0 N–H and O–H groups in total. The highest BCUT2D eigenvalue weighted by Crippen LogP contribution is 2.31. The number of ether oxygens (including phenoxy) is 1. The molecule has 1 aliphatic heterocycles. The predicted molar refractivity (Wildman–Crippen MR) is 119 cm³/mol. The molecule has 4 rings (SSSR count). The molecule has 8 heteroatoms. The van der Waals surface area contributed by atoms with Gasteiger partial charge in [-0.3, -0.25) is 9.10 Å². The Bertz CT molecular complexity index is 1160. The van der Waals surface area contributed by atoms with E-state index in [0.717, 1.165) is 17.7 Å². The van der Waals surface area contributed by atoms with Crippen molar-refractivity contribution in [2.45, 2.75) is 17.6 Å². The zero-order chi connectivity index (χ0) is 21.3. The zero-order valence-electron chi connectivity index (χ0n) is 16.7. The summed E-state index contributed by atoms with van der Waals surface area (Å²) in [5.41, 5.74) is 3.77. The number of benzene rings is 2. The number of rotatable bonds is 6. The lowest BCUT2D eigenvalue weighted by Gasteiger charge is -2.20. The van der Waals surface area contributed by atoms with Crippen LogP contribution < -0.4 is 13.9 Å². The molecule has 0 radical (unpaired) electrons. The van der Waals surface area contributed by atoms with E-state index in [1.807, 2.05) is 19.1 Å². The molecule has 30 heavy (non-hydrogen) atoms. The first-order chi connectivity index (χ1) is 14.4. The van der Waals surface area contributed by atoms with Gasteiger partial charge < -0.3 is 9.64 Å². The molecule has 0 atom stereocenters. The van der Waals surface area contributed by atoms with Crippen LogP contribution in [-0.4, -0.2) is 34.5 Å². The molecule has 1 aromatic heterocycles. The molecule has 0 saturated carbocycles. The predicted octanol–water partition coefficient (Wildman–Crippen LogP) is 3.85. The summed E-state index contributed by atoms with van der Waals surface area (Å²) in [7, 11) is -2.07. The van der Waals surface area contributed by atoms with Gasteiger partial charge in [-0.05, 0) is 60.2 Å². The Morgan fingerprint density at radius 3 is 2.60 bits per heavy atom. The minimum absolute atomic E-state index is 0.0730. The highest BCUT2D eigenvalue weighted by Gasteiger charge is 2.26. The standard InChI is InChI=1S/C22H22N2O4S2/c1-16-5-3-6-17-12-13-24(22(16)17)20(25)15-28-19-10-8-18(9-11-19)23(2)30(26,27)21-7-4-14-29-21/h3-11,14H,12-13,15H2,1-2H3. The van der Waals surface area contributed by atoms with Crippen molar-refractivity contribution in [3.63, 3.8) is 0 Å². The van der Waals surface area contributed by atoms with Crippen LogP contribution in [0.1, 0.15) is 11.1 Å². The number of thiophene rings is 1. The van der Waals surface area contributed by atoms with Gasteiger partial charge in [-0.25, -0.2) is 8.42 Å². The second kappa shape index (κ2) is 8.12. The molecule has 6 nitrogen and oxygen atoms in total. The summed E-state index contributed by atoms with van der Waals surface area (Å²) in [4.78, 5) is 14.5. The van der Waals surface area contributed by atoms with Crippen molar-refractivity contribution >= 4 is 38.6 Å². The molecule has 1 amide bonds. The van der Waals surface area contributed by atoms with Gasteiger partial charge in [-0.1, -0.05) is 24.3 Å². The number of carbonyl (C=O) groups is 1. The van der Waals surface area contributed by atoms with Crippen molar-refractivity contribution in [1.29, 1.82) is 0 Å². The number of aryl methyl sites for hydroxylation is 1. The normalized spacial score (nSPS) is 13.2. The Hall–Kier alpha value is -2.84. The van der Waals surface area contributed by atoms with Crippen LogP contribution in [0.4, 0.5) is 11.4 Å². The summed E-state index contributed by atoms with van der Waals surface area (Å²) >= 11 is 1.18. The van der Waals surface area contributed by atoms with Crippen LogP contribution in [0.2, 0.25) is 0 Å². The van der Waals surface area contributed by atoms with E-state index in [9.17, 15) is 13.2 Å². The highest BCUT2D eigenvalue weighted by molar-refractivity contribution is 7.94. The Morgan fingerprint density at radius 2 is 1.90 bits per heavy atom. The molecule has 0 fully saturated rings. The fourth-order valence-electron chi connectivity index (χ4n) is 3.56. The van der Waals surface area contributed by atoms with Crippen LogP contribution in [0, 0.1) is 6.92 Å². The second-order valence-electron chi connectivity index (χ2n) is 7.07. The van der Waals surface area contributed by atoms with Crippen molar-refractivity contribution in [2.75, 3.05) is 29.4 Å². The number of amides is 1. The maximum absolute atomic E-state index is 12.7. The van der Waals surface area contributed by atoms with Gasteiger partial charge in [0.05, 0.1) is 5.69 Å². The molecule has 3 aromatic rings. The second-order valence-corrected chi connectivity index (χ2v) is 10.2. The van der Waals surface area contributed by atoms with Crippen molar-refractivity contribution < 1.29 is 17.9 Å². The van der Waals surface area contributed by atoms with Crippen LogP contribution in [0.15, 0.2) is 64.2 Å². The first-order valence-electron chi connectivity index (χ1n) is 9.52. The molecule has 156 valence electrons. The fraction of sp³-hybridized carbons (Fsp3) is 0.227. The van der Waals surface area contributed by atoms with Gasteiger partial charge in [0.25, 0.3) is 15.9 Å². The number of para-hydroxylation sites is 1. The monoisotopic (exact) mass is 442 g/mol. The average Bonchev–Trinajstić information content (AvgIpc) is 3.43. The first-order valence-corrected chi connectivity index (χ1v) is 11.8. The molecule has 2 heterocycles. The van der Waals surface area contributed by atoms with Gasteiger partial charge in [-0.15, -0.1) is 11.3 Å². The molecule has 0 aliphatic carbocycles. The van der Waals surface area contributed by atoms with Gasteiger partial charge in [0.15, 0.2) is 6.61 Å². The van der Waals surface area contributed by atoms with Crippen LogP contribution in [0.3, 0.4) is 0 Å². The number of hydrogen-bond acceptors (Lipinski definition) is 5. The van der Waals surface area contributed by atoms with Gasteiger partial charge in [-0.2, -0.15) is 0 Å². The molecule has 0 spiro atoms. The molecule has 0 unspecified atom stereocenters. The van der Waals surface area contributed by atoms with Crippen molar-refractivity contribution in [1.82, 2.24) is 0 Å². The zero-order valence-corrected chi connectivity index (χ0v) is 18.4. The molecular weight excluding hydrogens is 420 g/mol. The molecule has 0 saturated heterocycles. The summed E-state index contributed by atoms with van der Waals surface area (Å²) in [6.07, 6.45) is 0.850. The van der Waals surface area contributed by atoms with Gasteiger partial charge in [0.2, 0.25) is 0 Å². The smallest absolute Gasteiger partial charge is 0.273 e. The Labute approximate surface area is 180 Å². The Kier molecular flexibility index (Phi) is 5.53. The van der Waals surface area contributed by atoms with E-state index >= 15 is 0 Å². The summed E-state index contributed by atoms with van der Waals surface area (Å²) < 4.78 is 32.4. The third-order valence-electron chi connectivity index (χ3n) is 5.17. The number of anilines is 2. The third-order valence-corrected chi connectivity index (χ3v) is 8.33. The summed E-state index contributed by atoms with van der Waals surface area (Å²) in [5.74, 6) is 0.419. The summed E-state index contributed by atoms with van der Waals surface area (Å²) in [6.45, 7) is 2.59. The number of carbonyl (C=O) groups excluding carboxylic acids is 1. The lowest BCUT2D eigenvalue weighted by molar-refractivity contribution is -0.120. The van der Waals surface area contributed by atoms with Crippen molar-refractivity contribution in [2.24, 2.45) is 0 Å². The minimum atomic E-state index is -3.58. The lowest BCUT2D eigenvalue weighted by Crippen LogP contribution is -2.33. The molecule has 0 bridgehead atoms. The number of nitrogens with zero attached hydrogens (tertiary/aromatic N) is 2. The topological polar surface area (TPSA) is 66.9 Å². The number of hydrogen-bond donors (Lipinski definition) is 0. The van der Waals surface area contributed by atoms with Crippen molar-refractivity contribution in [3.05, 3.63) is 71.1 Å². The molecular formula is C22H22N2O4S2. The van der Waals surface area contributed by atoms with Gasteiger partial charge in [0, 0.05) is 19.3 Å². The van der Waals surface area contributed by atoms with E-state index in [0.29, 0.717) is 18.0 Å². The van der Waals surface area contributed by atoms with Crippen LogP contribution in [-0.2, 0) is 21.2 Å². The summed E-state index contributed by atoms with van der Waals surface area (Å²) in [5, 5.41) is 1.73. The highest BCUT2D eigenvalue weighted by atomic mass is 32.2. The van der Waals surface area contributed by atoms with E-state index in [2.05, 4.69) is 6.07 Å². The fourth-order valence-corrected chi connectivity index (χ4v) is 5.92. The third kappa shape index (κ3) is 3.80. The first kappa shape index (κ1) is 20.4. The average molecular weight is 443 g/mol. The summed E-state index contributed by atoms with van der Waals surface area (Å²) in [6, 6.07) is 16.0. The van der Waals surface area contributed by atoms with E-state index in [-0.39, 0.29) is 16.7 Å². The van der Waals surface area contributed by atoms with Crippen LogP contribution in [0.25, 0.3) is 0 Å². The maximum Gasteiger partial charge on any atom is 0.273 e. The van der Waals surface area contributed by atoms with Gasteiger partial charge >= 0.3 is 0 Å². The van der Waals surface area contributed by atoms with E-state index in [1.54, 1.807) is 46.7 Å². The SMILES string of the molecule is Cc1cccc2c1N(C(=O)COc1ccc(N(C)S(=O)(=O)c3cccs3)cc1)CC2. The largest absolute Gasteiger partial charge is 0.484 e. The molecule has 2 aromatic carbocycles. The maximum atomic E-state index is 12.7. The number of fused-ring (bicyclic) bond motifs is 1. The Balaban J connectivity index is 1.41. The Morgan fingerprint density at radius 1 is 1.13 bits per heavy atom. The van der Waals surface area contributed by atoms with Crippen LogP contribution in [0.5, 0.6) is 5.75 Å². The van der Waals surface area contributed by atoms with Crippen LogP contribution >= 0.6 is 11.3 Å². The minimum Gasteiger partial charge on any atom is -0.484 e. The lowest BCUT2D eigenvalue weighted by atomic mass is 10.1. The molecule has 1 aliphatic rings. The van der Waals surface area contributed by atoms with Gasteiger partial charge in [0.1, 0.15) is 9.96 Å². The van der Waals surface area contributed by atoms with E-state index < -0.39 is 10.0 Å².